The fourth-order valence-electron chi connectivity index (χ4n) is 6.87. The summed E-state index contributed by atoms with van der Waals surface area (Å²) in [7, 11) is 0. The lowest BCUT2D eigenvalue weighted by atomic mass is 9.80. The number of piperazine rings is 1. The normalized spacial score (nSPS) is 16.8. The number of aromatic nitrogens is 3. The second kappa shape index (κ2) is 13.4. The molecule has 0 spiro atoms. The molecule has 9 nitrogen and oxygen atoms in total. The van der Waals surface area contributed by atoms with E-state index in [9.17, 15) is 14.7 Å². The Hall–Kier alpha value is -4.70. The van der Waals surface area contributed by atoms with E-state index in [2.05, 4.69) is 18.1 Å². The Kier molecular flexibility index (Phi) is 9.69. The van der Waals surface area contributed by atoms with Crippen LogP contribution in [0.3, 0.4) is 0 Å². The van der Waals surface area contributed by atoms with Gasteiger partial charge in [0.1, 0.15) is 23.9 Å². The van der Waals surface area contributed by atoms with E-state index in [1.54, 1.807) is 30.4 Å². The summed E-state index contributed by atoms with van der Waals surface area (Å²) in [6, 6.07) is 11.1. The minimum Gasteiger partial charge on any atom is -0.489 e. The van der Waals surface area contributed by atoms with Crippen LogP contribution >= 0.6 is 11.6 Å². The molecule has 1 unspecified atom stereocenters. The van der Waals surface area contributed by atoms with Gasteiger partial charge in [-0.2, -0.15) is 4.98 Å². The van der Waals surface area contributed by atoms with Crippen molar-refractivity contribution in [2.45, 2.75) is 59.5 Å². The average Bonchev–Trinajstić information content (AvgIpc) is 3.02. The maximum atomic E-state index is 16.5. The molecule has 1 N–H and O–H groups in total. The number of benzene rings is 2. The number of hydrogen-bond donors (Lipinski definition) is 1. The Balaban J connectivity index is 1.89. The molecule has 1 fully saturated rings. The van der Waals surface area contributed by atoms with E-state index in [0.29, 0.717) is 17.0 Å². The molecule has 2 aromatic carbocycles. The van der Waals surface area contributed by atoms with Gasteiger partial charge in [-0.05, 0) is 47.6 Å². The highest BCUT2D eigenvalue weighted by Gasteiger charge is 2.44. The topological polar surface area (TPSA) is 101 Å². The van der Waals surface area contributed by atoms with Crippen molar-refractivity contribution in [2.24, 2.45) is 5.41 Å². The van der Waals surface area contributed by atoms with Gasteiger partial charge in [-0.25, -0.2) is 23.5 Å². The monoisotopic (exact) mass is 673 g/mol. The highest BCUT2D eigenvalue weighted by molar-refractivity contribution is 6.33. The Morgan fingerprint density at radius 1 is 1.17 bits per heavy atom. The van der Waals surface area contributed by atoms with Gasteiger partial charge in [0.25, 0.3) is 0 Å². The van der Waals surface area contributed by atoms with E-state index in [1.165, 1.54) is 15.5 Å². The van der Waals surface area contributed by atoms with Crippen molar-refractivity contribution in [3.8, 4) is 22.7 Å². The summed E-state index contributed by atoms with van der Waals surface area (Å²) in [6.45, 7) is 20.1. The van der Waals surface area contributed by atoms with Gasteiger partial charge >= 0.3 is 11.8 Å². The van der Waals surface area contributed by atoms with Crippen molar-refractivity contribution < 1.29 is 19.0 Å². The number of anilines is 1. The second-order valence-corrected chi connectivity index (χ2v) is 13.7. The van der Waals surface area contributed by atoms with Crippen molar-refractivity contribution in [3.63, 3.8) is 0 Å². The molecule has 1 saturated heterocycles. The molecule has 4 aromatic rings. The lowest BCUT2D eigenvalue weighted by molar-refractivity contribution is 0.0562. The van der Waals surface area contributed by atoms with Gasteiger partial charge in [0.2, 0.25) is 0 Å². The molecule has 0 saturated carbocycles. The molecular formula is C37H41ClFN5O4. The summed E-state index contributed by atoms with van der Waals surface area (Å²) in [4.78, 5) is 39.5. The number of carbonyl (C=O) groups is 1. The number of amides is 1. The van der Waals surface area contributed by atoms with Crippen molar-refractivity contribution in [1.82, 2.24) is 19.4 Å². The van der Waals surface area contributed by atoms with Crippen molar-refractivity contribution in [2.75, 3.05) is 24.6 Å². The molecule has 5 rings (SSSR count). The second-order valence-electron chi connectivity index (χ2n) is 13.3. The summed E-state index contributed by atoms with van der Waals surface area (Å²) >= 11 is 6.67. The van der Waals surface area contributed by atoms with Crippen LogP contribution in [0.25, 0.3) is 34.1 Å². The first kappa shape index (κ1) is 34.6. The number of hydrogen-bond acceptors (Lipinski definition) is 6. The fraction of sp³-hybridized carbons (Fsp3) is 0.351. The van der Waals surface area contributed by atoms with Crippen LogP contribution in [0.4, 0.5) is 15.0 Å². The molecule has 1 aliphatic rings. The fourth-order valence-corrected chi connectivity index (χ4v) is 7.12. The van der Waals surface area contributed by atoms with Gasteiger partial charge in [-0.15, -0.1) is 0 Å². The van der Waals surface area contributed by atoms with Crippen LogP contribution in [-0.2, 0) is 0 Å². The third-order valence-electron chi connectivity index (χ3n) is 8.81. The number of fused-ring (bicyclic) bond motifs is 1. The quantitative estimate of drug-likeness (QED) is 0.188. The molecule has 2 atom stereocenters. The summed E-state index contributed by atoms with van der Waals surface area (Å²) in [5.74, 6) is -0.171. The average molecular weight is 674 g/mol. The Morgan fingerprint density at radius 2 is 1.88 bits per heavy atom. The molecule has 0 bridgehead atoms. The number of pyridine rings is 1. The zero-order chi connectivity index (χ0) is 35.1. The number of halogens is 2. The van der Waals surface area contributed by atoms with E-state index in [0.717, 1.165) is 5.56 Å². The molecule has 0 aliphatic carbocycles. The van der Waals surface area contributed by atoms with Gasteiger partial charge < -0.3 is 19.6 Å². The maximum absolute atomic E-state index is 16.5. The predicted molar refractivity (Wildman–Crippen MR) is 190 cm³/mol. The molecule has 1 aliphatic heterocycles. The minimum atomic E-state index is -1.02. The van der Waals surface area contributed by atoms with Gasteiger partial charge in [-0.3, -0.25) is 0 Å². The summed E-state index contributed by atoms with van der Waals surface area (Å²) in [5, 5.41) is 10.6. The van der Waals surface area contributed by atoms with Crippen LogP contribution in [0.5, 0.6) is 5.75 Å². The van der Waals surface area contributed by atoms with Crippen LogP contribution in [-0.4, -0.2) is 62.4 Å². The lowest BCUT2D eigenvalue weighted by Gasteiger charge is -2.51. The van der Waals surface area contributed by atoms with Crippen LogP contribution in [0.1, 0.15) is 58.6 Å². The molecule has 2 aromatic heterocycles. The van der Waals surface area contributed by atoms with Gasteiger partial charge in [0, 0.05) is 19.1 Å². The predicted octanol–water partition coefficient (Wildman–Crippen LogP) is 8.17. The number of carboxylic acid groups (broad SMARTS) is 1. The van der Waals surface area contributed by atoms with Crippen LogP contribution in [0, 0.1) is 11.2 Å². The van der Waals surface area contributed by atoms with E-state index in [1.807, 2.05) is 64.6 Å². The molecule has 48 heavy (non-hydrogen) atoms. The standard InChI is InChI=1S/C37H41ClFN5O4/c1-9-19-48-28-16-12-15-26(38)29(28)30-27(39)20-25-33(42-17-18-43(36(46)47)32(22(42)5)37(6,7)8)41-35(45)44(34(25)40-30)31-23(10-2)13-11-14-24(31)21(3)4/h9-16,20-22,32H,1-2,17-19H2,3-8H3,(H,46,47)/t22-,32?/m0/s1. The molecule has 0 radical (unpaired) electrons. The molecular weight excluding hydrogens is 633 g/mol. The van der Waals surface area contributed by atoms with Crippen molar-refractivity contribution in [1.29, 1.82) is 0 Å². The van der Waals surface area contributed by atoms with Crippen molar-refractivity contribution in [3.05, 3.63) is 94.1 Å². The first-order valence-electron chi connectivity index (χ1n) is 15.9. The molecule has 252 valence electrons. The van der Waals surface area contributed by atoms with Gasteiger partial charge in [0.05, 0.1) is 27.7 Å². The highest BCUT2D eigenvalue weighted by Crippen LogP contribution is 2.41. The Bertz CT molecular complexity index is 1970. The van der Waals surface area contributed by atoms with Crippen LogP contribution in [0.2, 0.25) is 5.02 Å². The molecule has 11 heteroatoms. The largest absolute Gasteiger partial charge is 0.489 e. The van der Waals surface area contributed by atoms with Gasteiger partial charge in [-0.1, -0.05) is 95.8 Å². The van der Waals surface area contributed by atoms with Crippen LogP contribution in [0.15, 0.2) is 66.5 Å². The lowest BCUT2D eigenvalue weighted by Crippen LogP contribution is -2.64. The van der Waals surface area contributed by atoms with E-state index < -0.39 is 35.1 Å². The smallest absolute Gasteiger partial charge is 0.407 e. The van der Waals surface area contributed by atoms with E-state index in [4.69, 9.17) is 21.3 Å². The zero-order valence-corrected chi connectivity index (χ0v) is 28.9. The molecule has 1 amide bonds. The number of ether oxygens (including phenoxy) is 1. The molecule has 3 heterocycles. The summed E-state index contributed by atoms with van der Waals surface area (Å²) in [6.07, 6.45) is 2.21. The minimum absolute atomic E-state index is 0.000538. The SMILES string of the molecule is C=CCOc1cccc(Cl)c1-c1nc2c(cc1F)c(N1CCN(C(=O)O)C(C(C)(C)C)[C@@H]1C)nc(=O)n2-c1c(C=C)cccc1C(C)C. The van der Waals surface area contributed by atoms with E-state index >= 15 is 4.39 Å². The number of para-hydroxylation sites is 1. The Morgan fingerprint density at radius 3 is 2.50 bits per heavy atom. The number of rotatable bonds is 8. The first-order valence-corrected chi connectivity index (χ1v) is 16.3. The van der Waals surface area contributed by atoms with Gasteiger partial charge in [0.15, 0.2) is 11.5 Å². The third-order valence-corrected chi connectivity index (χ3v) is 9.12. The maximum Gasteiger partial charge on any atom is 0.407 e. The highest BCUT2D eigenvalue weighted by atomic mass is 35.5. The summed E-state index contributed by atoms with van der Waals surface area (Å²) < 4.78 is 23.8. The van der Waals surface area contributed by atoms with Crippen LogP contribution < -0.4 is 15.3 Å². The summed E-state index contributed by atoms with van der Waals surface area (Å²) in [5.41, 5.74) is 1.27. The third kappa shape index (κ3) is 6.17. The zero-order valence-electron chi connectivity index (χ0n) is 28.1. The van der Waals surface area contributed by atoms with E-state index in [-0.39, 0.29) is 58.7 Å². The Labute approximate surface area is 284 Å². The number of nitrogens with zero attached hydrogens (tertiary/aromatic N) is 5. The van der Waals surface area contributed by atoms with Crippen molar-refractivity contribution >= 4 is 40.6 Å². The first-order chi connectivity index (χ1) is 22.7.